The summed E-state index contributed by atoms with van der Waals surface area (Å²) in [5.41, 5.74) is 0.327. The predicted octanol–water partition coefficient (Wildman–Crippen LogP) is 3.08. The van der Waals surface area contributed by atoms with Crippen LogP contribution >= 0.6 is 23.8 Å². The molecule has 2 rings (SSSR count). The summed E-state index contributed by atoms with van der Waals surface area (Å²) < 4.78 is 0. The van der Waals surface area contributed by atoms with Crippen LogP contribution in [0.4, 0.5) is 11.4 Å². The smallest absolute Gasteiger partial charge is 0.269 e. The SMILES string of the molecule is O=C(NC(=S)Nc1cc(Cl)ccc1O)c1ccc([N+](=O)[O-])cc1. The van der Waals surface area contributed by atoms with E-state index in [4.69, 9.17) is 23.8 Å². The lowest BCUT2D eigenvalue weighted by Crippen LogP contribution is -2.34. The molecular weight excluding hydrogens is 342 g/mol. The van der Waals surface area contributed by atoms with Crippen molar-refractivity contribution in [1.82, 2.24) is 5.32 Å². The Bertz CT molecular complexity index is 780. The van der Waals surface area contributed by atoms with Gasteiger partial charge in [0.25, 0.3) is 11.6 Å². The van der Waals surface area contributed by atoms with Crippen molar-refractivity contribution >= 4 is 46.2 Å². The topological polar surface area (TPSA) is 104 Å². The summed E-state index contributed by atoms with van der Waals surface area (Å²) in [6.07, 6.45) is 0. The summed E-state index contributed by atoms with van der Waals surface area (Å²) in [5, 5.41) is 25.6. The summed E-state index contributed by atoms with van der Waals surface area (Å²) in [4.78, 5) is 22.0. The summed E-state index contributed by atoms with van der Waals surface area (Å²) in [6, 6.07) is 9.38. The molecule has 0 heterocycles. The van der Waals surface area contributed by atoms with Gasteiger partial charge in [-0.25, -0.2) is 0 Å². The van der Waals surface area contributed by atoms with Gasteiger partial charge in [-0.2, -0.15) is 0 Å². The number of amides is 1. The van der Waals surface area contributed by atoms with Gasteiger partial charge in [-0.3, -0.25) is 20.2 Å². The number of halogens is 1. The first-order valence-corrected chi connectivity index (χ1v) is 7.01. The van der Waals surface area contributed by atoms with Crippen LogP contribution in [-0.4, -0.2) is 21.0 Å². The highest BCUT2D eigenvalue weighted by atomic mass is 35.5. The molecule has 0 saturated carbocycles. The van der Waals surface area contributed by atoms with Crippen LogP contribution in [-0.2, 0) is 0 Å². The zero-order chi connectivity index (χ0) is 17.0. The standard InChI is InChI=1S/C14H10ClN3O4S/c15-9-3-6-12(19)11(7-9)16-14(23)17-13(20)8-1-4-10(5-2-8)18(21)22/h1-7,19H,(H2,16,17,20,23). The fourth-order valence-corrected chi connectivity index (χ4v) is 2.05. The monoisotopic (exact) mass is 351 g/mol. The number of nitro benzene ring substituents is 1. The van der Waals surface area contributed by atoms with Gasteiger partial charge in [-0.15, -0.1) is 0 Å². The first kappa shape index (κ1) is 16.7. The fourth-order valence-electron chi connectivity index (χ4n) is 1.67. The number of non-ortho nitro benzene ring substituents is 1. The third-order valence-electron chi connectivity index (χ3n) is 2.77. The predicted molar refractivity (Wildman–Crippen MR) is 89.9 cm³/mol. The Labute approximate surface area is 141 Å². The van der Waals surface area contributed by atoms with Gasteiger partial charge >= 0.3 is 0 Å². The first-order chi connectivity index (χ1) is 10.9. The van der Waals surface area contributed by atoms with Crippen LogP contribution in [0.5, 0.6) is 5.75 Å². The van der Waals surface area contributed by atoms with Crippen LogP contribution in [0, 0.1) is 10.1 Å². The molecule has 0 unspecified atom stereocenters. The quantitative estimate of drug-likeness (QED) is 0.340. The molecule has 2 aromatic carbocycles. The Morgan fingerprint density at radius 2 is 1.87 bits per heavy atom. The lowest BCUT2D eigenvalue weighted by Gasteiger charge is -2.11. The number of nitro groups is 1. The van der Waals surface area contributed by atoms with Crippen molar-refractivity contribution in [2.75, 3.05) is 5.32 Å². The van der Waals surface area contributed by atoms with E-state index >= 15 is 0 Å². The van der Waals surface area contributed by atoms with E-state index in [0.717, 1.165) is 0 Å². The molecule has 0 saturated heterocycles. The van der Waals surface area contributed by atoms with E-state index in [-0.39, 0.29) is 27.8 Å². The number of hydrogen-bond donors (Lipinski definition) is 3. The molecular formula is C14H10ClN3O4S. The fraction of sp³-hybridized carbons (Fsp3) is 0. The number of hydrogen-bond acceptors (Lipinski definition) is 5. The molecule has 3 N–H and O–H groups in total. The number of thiocarbonyl (C=S) groups is 1. The Balaban J connectivity index is 2.03. The zero-order valence-corrected chi connectivity index (χ0v) is 13.0. The van der Waals surface area contributed by atoms with Crippen molar-refractivity contribution in [2.24, 2.45) is 0 Å². The molecule has 1 amide bonds. The van der Waals surface area contributed by atoms with Gasteiger partial charge < -0.3 is 10.4 Å². The van der Waals surface area contributed by atoms with E-state index in [2.05, 4.69) is 10.6 Å². The van der Waals surface area contributed by atoms with Crippen LogP contribution in [0.25, 0.3) is 0 Å². The van der Waals surface area contributed by atoms with Crippen molar-refractivity contribution in [2.45, 2.75) is 0 Å². The number of aromatic hydroxyl groups is 1. The minimum absolute atomic E-state index is 0.0501. The summed E-state index contributed by atoms with van der Waals surface area (Å²) in [6.45, 7) is 0. The molecule has 0 fully saturated rings. The number of phenols is 1. The lowest BCUT2D eigenvalue weighted by molar-refractivity contribution is -0.384. The number of rotatable bonds is 3. The van der Waals surface area contributed by atoms with E-state index in [1.807, 2.05) is 0 Å². The van der Waals surface area contributed by atoms with Gasteiger partial charge in [0, 0.05) is 22.7 Å². The van der Waals surface area contributed by atoms with Crippen LogP contribution in [0.2, 0.25) is 5.02 Å². The summed E-state index contributed by atoms with van der Waals surface area (Å²) in [5.74, 6) is -0.625. The van der Waals surface area contributed by atoms with Crippen LogP contribution in [0.3, 0.4) is 0 Å². The molecule has 23 heavy (non-hydrogen) atoms. The molecule has 0 aliphatic heterocycles. The van der Waals surface area contributed by atoms with Gasteiger partial charge in [0.2, 0.25) is 0 Å². The molecule has 0 atom stereocenters. The number of nitrogens with zero attached hydrogens (tertiary/aromatic N) is 1. The van der Waals surface area contributed by atoms with Crippen LogP contribution in [0.15, 0.2) is 42.5 Å². The molecule has 0 radical (unpaired) electrons. The highest BCUT2D eigenvalue weighted by molar-refractivity contribution is 7.80. The molecule has 7 nitrogen and oxygen atoms in total. The maximum Gasteiger partial charge on any atom is 0.269 e. The van der Waals surface area contributed by atoms with Crippen molar-refractivity contribution in [3.63, 3.8) is 0 Å². The van der Waals surface area contributed by atoms with E-state index in [1.54, 1.807) is 0 Å². The van der Waals surface area contributed by atoms with Crippen molar-refractivity contribution < 1.29 is 14.8 Å². The zero-order valence-electron chi connectivity index (χ0n) is 11.4. The van der Waals surface area contributed by atoms with E-state index in [0.29, 0.717) is 5.02 Å². The molecule has 0 aliphatic rings. The van der Waals surface area contributed by atoms with E-state index < -0.39 is 10.8 Å². The third kappa shape index (κ3) is 4.38. The second-order valence-electron chi connectivity index (χ2n) is 4.37. The maximum absolute atomic E-state index is 12.0. The van der Waals surface area contributed by atoms with Crippen molar-refractivity contribution in [3.8, 4) is 5.75 Å². The minimum atomic E-state index is -0.560. The average molecular weight is 352 g/mol. The molecule has 0 bridgehead atoms. The summed E-state index contributed by atoms with van der Waals surface area (Å²) in [7, 11) is 0. The van der Waals surface area contributed by atoms with Crippen LogP contribution < -0.4 is 10.6 Å². The molecule has 2 aromatic rings. The number of phenolic OH excluding ortho intramolecular Hbond substituents is 1. The number of benzene rings is 2. The molecule has 0 spiro atoms. The van der Waals surface area contributed by atoms with E-state index in [1.165, 1.54) is 42.5 Å². The Morgan fingerprint density at radius 1 is 1.22 bits per heavy atom. The van der Waals surface area contributed by atoms with Crippen molar-refractivity contribution in [1.29, 1.82) is 0 Å². The molecule has 118 valence electrons. The Kier molecular flexibility index (Phi) is 5.09. The Morgan fingerprint density at radius 3 is 2.48 bits per heavy atom. The normalized spacial score (nSPS) is 9.96. The molecule has 0 aromatic heterocycles. The van der Waals surface area contributed by atoms with Gasteiger partial charge in [0.15, 0.2) is 5.11 Å². The number of carbonyl (C=O) groups is 1. The molecule has 9 heteroatoms. The third-order valence-corrected chi connectivity index (χ3v) is 3.21. The van der Waals surface area contributed by atoms with Gasteiger partial charge in [-0.05, 0) is 42.5 Å². The highest BCUT2D eigenvalue weighted by Gasteiger charge is 2.12. The minimum Gasteiger partial charge on any atom is -0.506 e. The van der Waals surface area contributed by atoms with Gasteiger partial charge in [-0.1, -0.05) is 11.6 Å². The first-order valence-electron chi connectivity index (χ1n) is 6.22. The second kappa shape index (κ2) is 7.03. The van der Waals surface area contributed by atoms with Gasteiger partial charge in [0.1, 0.15) is 5.75 Å². The average Bonchev–Trinajstić information content (AvgIpc) is 2.51. The number of nitrogens with one attached hydrogen (secondary N) is 2. The van der Waals surface area contributed by atoms with Crippen LogP contribution in [0.1, 0.15) is 10.4 Å². The van der Waals surface area contributed by atoms with Crippen molar-refractivity contribution in [3.05, 3.63) is 63.2 Å². The largest absolute Gasteiger partial charge is 0.506 e. The highest BCUT2D eigenvalue weighted by Crippen LogP contribution is 2.26. The second-order valence-corrected chi connectivity index (χ2v) is 5.22. The summed E-state index contributed by atoms with van der Waals surface area (Å²) >= 11 is 10.8. The molecule has 0 aliphatic carbocycles. The number of carbonyl (C=O) groups excluding carboxylic acids is 1. The maximum atomic E-state index is 12.0. The Hall–Kier alpha value is -2.71. The van der Waals surface area contributed by atoms with Gasteiger partial charge in [0.05, 0.1) is 10.6 Å². The number of anilines is 1. The lowest BCUT2D eigenvalue weighted by atomic mass is 10.2. The van der Waals surface area contributed by atoms with E-state index in [9.17, 15) is 20.0 Å².